The second kappa shape index (κ2) is 2.33. The van der Waals surface area contributed by atoms with E-state index in [1.165, 1.54) is 12.3 Å². The molecule has 62 valence electrons. The first-order valence-electron chi connectivity index (χ1n) is 3.19. The van der Waals surface area contributed by atoms with E-state index in [0.717, 1.165) is 0 Å². The van der Waals surface area contributed by atoms with E-state index in [1.807, 2.05) is 5.32 Å². The van der Waals surface area contributed by atoms with Gasteiger partial charge in [0.1, 0.15) is 12.0 Å². The molecular formula is C6H4N2O4. The molecule has 0 aromatic carbocycles. The lowest BCUT2D eigenvalue weighted by molar-refractivity contribution is -0.123. The Kier molecular flexibility index (Phi) is 1.33. The van der Waals surface area contributed by atoms with E-state index in [2.05, 4.69) is 14.4 Å². The molecule has 1 unspecified atom stereocenters. The molecule has 1 aliphatic heterocycles. The van der Waals surface area contributed by atoms with Crippen molar-refractivity contribution < 1.29 is 18.8 Å². The first kappa shape index (κ1) is 6.84. The van der Waals surface area contributed by atoms with E-state index in [1.54, 1.807) is 0 Å². The van der Waals surface area contributed by atoms with Crippen molar-refractivity contribution in [1.82, 2.24) is 10.5 Å². The molecule has 0 aliphatic carbocycles. The van der Waals surface area contributed by atoms with Crippen LogP contribution in [0.25, 0.3) is 0 Å². The van der Waals surface area contributed by atoms with Crippen molar-refractivity contribution in [3.8, 4) is 0 Å². The minimum absolute atomic E-state index is 0.290. The molecule has 1 atom stereocenters. The molecular weight excluding hydrogens is 164 g/mol. The van der Waals surface area contributed by atoms with Crippen molar-refractivity contribution in [2.45, 2.75) is 6.10 Å². The maximum Gasteiger partial charge on any atom is 0.415 e. The molecule has 6 nitrogen and oxygen atoms in total. The van der Waals surface area contributed by atoms with Crippen LogP contribution in [0.2, 0.25) is 0 Å². The molecule has 12 heavy (non-hydrogen) atoms. The van der Waals surface area contributed by atoms with Gasteiger partial charge in [0.15, 0.2) is 0 Å². The summed E-state index contributed by atoms with van der Waals surface area (Å²) < 4.78 is 9.09. The zero-order valence-electron chi connectivity index (χ0n) is 5.81. The molecule has 1 fully saturated rings. The third-order valence-corrected chi connectivity index (χ3v) is 1.41. The quantitative estimate of drug-likeness (QED) is 0.637. The van der Waals surface area contributed by atoms with Crippen molar-refractivity contribution in [3.63, 3.8) is 0 Å². The van der Waals surface area contributed by atoms with Gasteiger partial charge < -0.3 is 9.26 Å². The monoisotopic (exact) mass is 168 g/mol. The van der Waals surface area contributed by atoms with Gasteiger partial charge in [-0.2, -0.15) is 0 Å². The summed E-state index contributed by atoms with van der Waals surface area (Å²) in [5, 5.41) is 5.44. The first-order chi connectivity index (χ1) is 5.77. The average molecular weight is 168 g/mol. The normalized spacial score (nSPS) is 22.2. The molecule has 1 aromatic heterocycles. The van der Waals surface area contributed by atoms with Crippen LogP contribution in [-0.2, 0) is 9.53 Å². The average Bonchev–Trinajstić information content (AvgIpc) is 2.58. The Balaban J connectivity index is 2.26. The number of amides is 2. The van der Waals surface area contributed by atoms with Crippen LogP contribution in [0.15, 0.2) is 16.9 Å². The second-order valence-electron chi connectivity index (χ2n) is 2.20. The summed E-state index contributed by atoms with van der Waals surface area (Å²) >= 11 is 0. The van der Waals surface area contributed by atoms with Crippen molar-refractivity contribution >= 4 is 12.0 Å². The Morgan fingerprint density at radius 3 is 2.83 bits per heavy atom. The largest absolute Gasteiger partial charge is 0.429 e. The Morgan fingerprint density at radius 2 is 2.33 bits per heavy atom. The number of alkyl carbamates (subject to hydrolysis) is 1. The van der Waals surface area contributed by atoms with Crippen LogP contribution in [0.3, 0.4) is 0 Å². The summed E-state index contributed by atoms with van der Waals surface area (Å²) in [6, 6.07) is 1.46. The van der Waals surface area contributed by atoms with Crippen molar-refractivity contribution in [2.75, 3.05) is 0 Å². The maximum absolute atomic E-state index is 10.9. The molecule has 6 heteroatoms. The van der Waals surface area contributed by atoms with E-state index >= 15 is 0 Å². The predicted octanol–water partition coefficient (Wildman–Crippen LogP) is -0.0179. The topological polar surface area (TPSA) is 81.4 Å². The van der Waals surface area contributed by atoms with E-state index < -0.39 is 18.1 Å². The highest BCUT2D eigenvalue weighted by Gasteiger charge is 2.35. The molecule has 1 N–H and O–H groups in total. The van der Waals surface area contributed by atoms with Crippen molar-refractivity contribution in [3.05, 3.63) is 18.0 Å². The van der Waals surface area contributed by atoms with Gasteiger partial charge in [-0.3, -0.25) is 10.1 Å². The summed E-state index contributed by atoms with van der Waals surface area (Å²) in [5.41, 5.74) is 0.290. The number of imide groups is 1. The number of aromatic nitrogens is 1. The SMILES string of the molecule is O=C1NC(=O)C(c2ccon2)O1. The fourth-order valence-electron chi connectivity index (χ4n) is 0.908. The van der Waals surface area contributed by atoms with Crippen LogP contribution in [0.4, 0.5) is 4.79 Å². The number of nitrogens with one attached hydrogen (secondary N) is 1. The molecule has 0 saturated carbocycles. The van der Waals surface area contributed by atoms with Crippen molar-refractivity contribution in [1.29, 1.82) is 0 Å². The minimum Gasteiger partial charge on any atom is -0.429 e. The number of carbonyl (C=O) groups excluding carboxylic acids is 2. The summed E-state index contributed by atoms with van der Waals surface area (Å²) in [4.78, 5) is 21.5. The van der Waals surface area contributed by atoms with Crippen LogP contribution < -0.4 is 5.32 Å². The highest BCUT2D eigenvalue weighted by molar-refractivity contribution is 6.00. The molecule has 0 radical (unpaired) electrons. The molecule has 0 bridgehead atoms. The lowest BCUT2D eigenvalue weighted by Gasteiger charge is -1.98. The van der Waals surface area contributed by atoms with Gasteiger partial charge in [0, 0.05) is 6.07 Å². The second-order valence-corrected chi connectivity index (χ2v) is 2.20. The summed E-state index contributed by atoms with van der Waals surface area (Å²) in [6.07, 6.45) is -0.418. The zero-order valence-corrected chi connectivity index (χ0v) is 5.81. The molecule has 2 amide bonds. The predicted molar refractivity (Wildman–Crippen MR) is 33.9 cm³/mol. The molecule has 2 rings (SSSR count). The van der Waals surface area contributed by atoms with Gasteiger partial charge >= 0.3 is 6.09 Å². The van der Waals surface area contributed by atoms with Gasteiger partial charge in [0.05, 0.1) is 0 Å². The Hall–Kier alpha value is -1.85. The van der Waals surface area contributed by atoms with Crippen LogP contribution in [0, 0.1) is 0 Å². The number of hydrogen-bond acceptors (Lipinski definition) is 5. The third kappa shape index (κ3) is 0.931. The minimum atomic E-state index is -0.962. The molecule has 1 aliphatic rings. The first-order valence-corrected chi connectivity index (χ1v) is 3.19. The lowest BCUT2D eigenvalue weighted by atomic mass is 10.2. The van der Waals surface area contributed by atoms with Crippen LogP contribution in [0.5, 0.6) is 0 Å². The fourth-order valence-corrected chi connectivity index (χ4v) is 0.908. The Morgan fingerprint density at radius 1 is 1.50 bits per heavy atom. The Labute approximate surface area is 66.5 Å². The van der Waals surface area contributed by atoms with E-state index in [-0.39, 0.29) is 0 Å². The standard InChI is InChI=1S/C6H4N2O4/c9-5-4(12-6(10)7-5)3-1-2-11-8-3/h1-2,4H,(H,7,9,10). The molecule has 1 aromatic rings. The fraction of sp³-hybridized carbons (Fsp3) is 0.167. The summed E-state index contributed by atoms with van der Waals surface area (Å²) in [6.45, 7) is 0. The van der Waals surface area contributed by atoms with Gasteiger partial charge in [-0.25, -0.2) is 4.79 Å². The number of ether oxygens (including phenoxy) is 1. The summed E-state index contributed by atoms with van der Waals surface area (Å²) in [5.74, 6) is -0.520. The van der Waals surface area contributed by atoms with Gasteiger partial charge in [-0.05, 0) is 0 Å². The third-order valence-electron chi connectivity index (χ3n) is 1.41. The van der Waals surface area contributed by atoms with E-state index in [4.69, 9.17) is 0 Å². The number of nitrogens with zero attached hydrogens (tertiary/aromatic N) is 1. The van der Waals surface area contributed by atoms with Gasteiger partial charge in [0.25, 0.3) is 5.91 Å². The summed E-state index contributed by atoms with van der Waals surface area (Å²) in [7, 11) is 0. The zero-order chi connectivity index (χ0) is 8.55. The molecule has 1 saturated heterocycles. The van der Waals surface area contributed by atoms with Gasteiger partial charge in [-0.1, -0.05) is 5.16 Å². The smallest absolute Gasteiger partial charge is 0.415 e. The van der Waals surface area contributed by atoms with Crippen LogP contribution in [0.1, 0.15) is 11.8 Å². The van der Waals surface area contributed by atoms with Crippen LogP contribution in [-0.4, -0.2) is 17.2 Å². The number of cyclic esters (lactones) is 1. The lowest BCUT2D eigenvalue weighted by Crippen LogP contribution is -2.20. The highest BCUT2D eigenvalue weighted by Crippen LogP contribution is 2.19. The van der Waals surface area contributed by atoms with Crippen LogP contribution >= 0.6 is 0 Å². The number of carbonyl (C=O) groups is 2. The molecule has 2 heterocycles. The molecule has 0 spiro atoms. The van der Waals surface area contributed by atoms with E-state index in [9.17, 15) is 9.59 Å². The highest BCUT2D eigenvalue weighted by atomic mass is 16.6. The maximum atomic E-state index is 10.9. The van der Waals surface area contributed by atoms with E-state index in [0.29, 0.717) is 5.69 Å². The van der Waals surface area contributed by atoms with Crippen molar-refractivity contribution in [2.24, 2.45) is 0 Å². The van der Waals surface area contributed by atoms with Gasteiger partial charge in [-0.15, -0.1) is 0 Å². The number of rotatable bonds is 1. The van der Waals surface area contributed by atoms with Gasteiger partial charge in [0.2, 0.25) is 6.10 Å². The number of hydrogen-bond donors (Lipinski definition) is 1. The Bertz CT molecular complexity index is 318.